The highest BCUT2D eigenvalue weighted by atomic mass is 16.3. The summed E-state index contributed by atoms with van der Waals surface area (Å²) in [4.78, 5) is 11.9. The smallest absolute Gasteiger partial charge is 0.157 e. The summed E-state index contributed by atoms with van der Waals surface area (Å²) < 4.78 is 5.18. The molecule has 0 aromatic carbocycles. The molecule has 0 bridgehead atoms. The molecule has 82 valence electrons. The van der Waals surface area contributed by atoms with Crippen LogP contribution in [0.1, 0.15) is 31.4 Å². The third-order valence-electron chi connectivity index (χ3n) is 2.88. The Hall–Kier alpha value is -1.09. The van der Waals surface area contributed by atoms with Gasteiger partial charge in [-0.05, 0) is 31.5 Å². The van der Waals surface area contributed by atoms with Crippen LogP contribution in [0.5, 0.6) is 0 Å². The largest absolute Gasteiger partial charge is 0.469 e. The minimum absolute atomic E-state index is 0.0394. The Labute approximate surface area is 89.9 Å². The fourth-order valence-corrected chi connectivity index (χ4v) is 2.01. The van der Waals surface area contributed by atoms with Crippen molar-refractivity contribution in [1.82, 2.24) is 5.32 Å². The number of carbonyl (C=O) groups is 1. The van der Waals surface area contributed by atoms with Gasteiger partial charge in [0.2, 0.25) is 0 Å². The summed E-state index contributed by atoms with van der Waals surface area (Å²) in [5, 5.41) is 3.30. The van der Waals surface area contributed by atoms with E-state index < -0.39 is 0 Å². The number of furan rings is 1. The zero-order chi connectivity index (χ0) is 10.5. The first-order valence-corrected chi connectivity index (χ1v) is 5.65. The molecule has 1 saturated heterocycles. The molecule has 0 saturated carbocycles. The summed E-state index contributed by atoms with van der Waals surface area (Å²) in [6.07, 6.45) is 6.58. The minimum atomic E-state index is 0.0394. The van der Waals surface area contributed by atoms with Crippen LogP contribution in [0.25, 0.3) is 0 Å². The van der Waals surface area contributed by atoms with E-state index in [0.29, 0.717) is 6.42 Å². The summed E-state index contributed by atoms with van der Waals surface area (Å²) in [5.41, 5.74) is 0. The van der Waals surface area contributed by atoms with E-state index >= 15 is 0 Å². The first kappa shape index (κ1) is 10.4. The predicted octanol–water partition coefficient (Wildman–Crippen LogP) is 1.92. The van der Waals surface area contributed by atoms with Gasteiger partial charge in [0.05, 0.1) is 18.7 Å². The van der Waals surface area contributed by atoms with Crippen molar-refractivity contribution in [3.63, 3.8) is 0 Å². The first-order chi connectivity index (χ1) is 7.36. The number of hydrogen-bond donors (Lipinski definition) is 1. The van der Waals surface area contributed by atoms with Crippen LogP contribution in [0.2, 0.25) is 0 Å². The molecule has 3 nitrogen and oxygen atoms in total. The fraction of sp³-hybridized carbons (Fsp3) is 0.583. The highest BCUT2D eigenvalue weighted by Crippen LogP contribution is 2.11. The normalized spacial score (nSPS) is 22.3. The molecule has 0 amide bonds. The van der Waals surface area contributed by atoms with E-state index in [-0.39, 0.29) is 11.8 Å². The Kier molecular flexibility index (Phi) is 3.56. The van der Waals surface area contributed by atoms with Gasteiger partial charge in [-0.2, -0.15) is 0 Å². The van der Waals surface area contributed by atoms with E-state index in [1.807, 2.05) is 12.1 Å². The molecule has 1 fully saturated rings. The van der Waals surface area contributed by atoms with Crippen molar-refractivity contribution in [2.75, 3.05) is 6.54 Å². The Morgan fingerprint density at radius 2 is 2.40 bits per heavy atom. The lowest BCUT2D eigenvalue weighted by molar-refractivity contribution is -0.120. The molecule has 2 heterocycles. The maximum atomic E-state index is 11.9. The summed E-state index contributed by atoms with van der Waals surface area (Å²) in [6.45, 7) is 0.967. The van der Waals surface area contributed by atoms with E-state index in [0.717, 1.165) is 25.1 Å². The molecule has 1 atom stereocenters. The van der Waals surface area contributed by atoms with Crippen LogP contribution in [-0.2, 0) is 11.2 Å². The number of rotatable bonds is 3. The summed E-state index contributed by atoms with van der Waals surface area (Å²) in [7, 11) is 0. The molecule has 0 aliphatic carbocycles. The molecule has 15 heavy (non-hydrogen) atoms. The summed E-state index contributed by atoms with van der Waals surface area (Å²) in [6, 6.07) is 3.72. The average molecular weight is 207 g/mol. The molecule has 1 aliphatic heterocycles. The van der Waals surface area contributed by atoms with Crippen molar-refractivity contribution in [1.29, 1.82) is 0 Å². The van der Waals surface area contributed by atoms with Crippen LogP contribution in [-0.4, -0.2) is 18.4 Å². The van der Waals surface area contributed by atoms with Crippen LogP contribution < -0.4 is 5.32 Å². The van der Waals surface area contributed by atoms with Crippen molar-refractivity contribution in [2.45, 2.75) is 38.1 Å². The minimum Gasteiger partial charge on any atom is -0.469 e. The topological polar surface area (TPSA) is 42.2 Å². The maximum Gasteiger partial charge on any atom is 0.157 e. The summed E-state index contributed by atoms with van der Waals surface area (Å²) >= 11 is 0. The van der Waals surface area contributed by atoms with Crippen LogP contribution in [0, 0.1) is 0 Å². The van der Waals surface area contributed by atoms with Gasteiger partial charge in [0.15, 0.2) is 5.78 Å². The van der Waals surface area contributed by atoms with Crippen molar-refractivity contribution >= 4 is 5.78 Å². The molecular weight excluding hydrogens is 190 g/mol. The zero-order valence-electron chi connectivity index (χ0n) is 8.87. The van der Waals surface area contributed by atoms with Gasteiger partial charge in [-0.25, -0.2) is 0 Å². The maximum absolute atomic E-state index is 11.9. The number of ketones is 1. The second-order valence-corrected chi connectivity index (χ2v) is 4.08. The van der Waals surface area contributed by atoms with E-state index in [4.69, 9.17) is 4.42 Å². The first-order valence-electron chi connectivity index (χ1n) is 5.65. The lowest BCUT2D eigenvalue weighted by atomic mass is 10.0. The van der Waals surface area contributed by atoms with Gasteiger partial charge >= 0.3 is 0 Å². The van der Waals surface area contributed by atoms with Crippen LogP contribution in [0.15, 0.2) is 22.8 Å². The SMILES string of the molecule is O=C(Cc1ccco1)C1CCCCCN1. The van der Waals surface area contributed by atoms with Crippen molar-refractivity contribution in [2.24, 2.45) is 0 Å². The molecular formula is C12H17NO2. The lowest BCUT2D eigenvalue weighted by Gasteiger charge is -2.13. The Balaban J connectivity index is 1.89. The van der Waals surface area contributed by atoms with Gasteiger partial charge in [-0.15, -0.1) is 0 Å². The number of nitrogens with one attached hydrogen (secondary N) is 1. The van der Waals surface area contributed by atoms with Crippen LogP contribution in [0.4, 0.5) is 0 Å². The molecule has 0 radical (unpaired) electrons. The van der Waals surface area contributed by atoms with Gasteiger partial charge in [0, 0.05) is 0 Å². The second kappa shape index (κ2) is 5.12. The van der Waals surface area contributed by atoms with E-state index in [1.54, 1.807) is 6.26 Å². The highest BCUT2D eigenvalue weighted by Gasteiger charge is 2.20. The molecule has 1 aromatic heterocycles. The lowest BCUT2D eigenvalue weighted by Crippen LogP contribution is -2.36. The van der Waals surface area contributed by atoms with Gasteiger partial charge in [-0.1, -0.05) is 12.8 Å². The van der Waals surface area contributed by atoms with E-state index in [2.05, 4.69) is 5.32 Å². The Bertz CT molecular complexity index is 297. The van der Waals surface area contributed by atoms with Gasteiger partial charge in [0.25, 0.3) is 0 Å². The molecule has 2 rings (SSSR count). The molecule has 1 N–H and O–H groups in total. The third-order valence-corrected chi connectivity index (χ3v) is 2.88. The highest BCUT2D eigenvalue weighted by molar-refractivity contribution is 5.85. The van der Waals surface area contributed by atoms with Crippen molar-refractivity contribution < 1.29 is 9.21 Å². The van der Waals surface area contributed by atoms with Gasteiger partial charge in [0.1, 0.15) is 5.76 Å². The molecule has 1 unspecified atom stereocenters. The average Bonchev–Trinajstić information content (AvgIpc) is 2.58. The zero-order valence-corrected chi connectivity index (χ0v) is 8.87. The van der Waals surface area contributed by atoms with Gasteiger partial charge < -0.3 is 9.73 Å². The quantitative estimate of drug-likeness (QED) is 0.823. The number of carbonyl (C=O) groups excluding carboxylic acids is 1. The van der Waals surface area contributed by atoms with Crippen LogP contribution >= 0.6 is 0 Å². The molecule has 1 aromatic rings. The second-order valence-electron chi connectivity index (χ2n) is 4.08. The van der Waals surface area contributed by atoms with Gasteiger partial charge in [-0.3, -0.25) is 4.79 Å². The Morgan fingerprint density at radius 1 is 1.47 bits per heavy atom. The van der Waals surface area contributed by atoms with Crippen molar-refractivity contribution in [3.05, 3.63) is 24.2 Å². The Morgan fingerprint density at radius 3 is 3.20 bits per heavy atom. The summed E-state index contributed by atoms with van der Waals surface area (Å²) in [5.74, 6) is 1.03. The van der Waals surface area contributed by atoms with Crippen LogP contribution in [0.3, 0.4) is 0 Å². The monoisotopic (exact) mass is 207 g/mol. The predicted molar refractivity (Wildman–Crippen MR) is 57.7 cm³/mol. The fourth-order valence-electron chi connectivity index (χ4n) is 2.01. The van der Waals surface area contributed by atoms with E-state index in [9.17, 15) is 4.79 Å². The molecule has 1 aliphatic rings. The molecule has 3 heteroatoms. The number of Topliss-reactive ketones (excluding diaryl/α,β-unsaturated/α-hetero) is 1. The van der Waals surface area contributed by atoms with Crippen molar-refractivity contribution in [3.8, 4) is 0 Å². The standard InChI is InChI=1S/C12H17NO2/c14-12(9-10-5-4-8-15-10)11-6-2-1-3-7-13-11/h4-5,8,11,13H,1-3,6-7,9H2. The molecule has 0 spiro atoms. The third kappa shape index (κ3) is 2.93. The number of hydrogen-bond acceptors (Lipinski definition) is 3. The van der Waals surface area contributed by atoms with E-state index in [1.165, 1.54) is 12.8 Å².